The largest absolute Gasteiger partial charge is 0.468 e. The lowest BCUT2D eigenvalue weighted by Gasteiger charge is -2.11. The van der Waals surface area contributed by atoms with E-state index < -0.39 is 0 Å². The van der Waals surface area contributed by atoms with Crippen molar-refractivity contribution in [2.75, 3.05) is 13.2 Å². The second-order valence-electron chi connectivity index (χ2n) is 4.32. The first-order valence-electron chi connectivity index (χ1n) is 6.08. The lowest BCUT2D eigenvalue weighted by molar-refractivity contribution is 0.0759. The molecule has 92 valence electrons. The molecule has 0 aliphatic carbocycles. The van der Waals surface area contributed by atoms with Gasteiger partial charge in [0.1, 0.15) is 5.76 Å². The Labute approximate surface area is 98.2 Å². The molecule has 1 unspecified atom stereocenters. The molecular formula is C13H23NO2. The van der Waals surface area contributed by atoms with E-state index in [1.165, 1.54) is 0 Å². The molecule has 0 radical (unpaired) electrons. The Morgan fingerprint density at radius 1 is 1.31 bits per heavy atom. The normalized spacial score (nSPS) is 13.2. The van der Waals surface area contributed by atoms with Gasteiger partial charge in [0.2, 0.25) is 0 Å². The van der Waals surface area contributed by atoms with Gasteiger partial charge in [-0.15, -0.1) is 0 Å². The molecule has 0 bridgehead atoms. The number of furan rings is 1. The standard InChI is InChI=1S/C13H23NO2/c1-11(2)15-9-5-4-8-14-12(3)13-7-6-10-16-13/h6-7,10-12,14H,4-5,8-9H2,1-3H3. The van der Waals surface area contributed by atoms with Crippen LogP contribution in [0.4, 0.5) is 0 Å². The van der Waals surface area contributed by atoms with E-state index >= 15 is 0 Å². The Balaban J connectivity index is 1.99. The molecule has 0 aliphatic heterocycles. The summed E-state index contributed by atoms with van der Waals surface area (Å²) in [6, 6.07) is 4.21. The topological polar surface area (TPSA) is 34.4 Å². The highest BCUT2D eigenvalue weighted by atomic mass is 16.5. The van der Waals surface area contributed by atoms with E-state index in [-0.39, 0.29) is 0 Å². The molecule has 0 aromatic carbocycles. The predicted molar refractivity (Wildman–Crippen MR) is 65.4 cm³/mol. The van der Waals surface area contributed by atoms with Gasteiger partial charge in [-0.2, -0.15) is 0 Å². The summed E-state index contributed by atoms with van der Waals surface area (Å²) in [5.74, 6) is 0.999. The Kier molecular flexibility index (Phi) is 6.19. The van der Waals surface area contributed by atoms with Crippen LogP contribution in [-0.2, 0) is 4.74 Å². The van der Waals surface area contributed by atoms with Crippen LogP contribution in [0.25, 0.3) is 0 Å². The third-order valence-electron chi connectivity index (χ3n) is 2.44. The fourth-order valence-corrected chi connectivity index (χ4v) is 1.50. The average Bonchev–Trinajstić information content (AvgIpc) is 2.75. The molecule has 1 rings (SSSR count). The van der Waals surface area contributed by atoms with Crippen LogP contribution >= 0.6 is 0 Å². The zero-order valence-electron chi connectivity index (χ0n) is 10.5. The van der Waals surface area contributed by atoms with Crippen molar-refractivity contribution in [3.8, 4) is 0 Å². The van der Waals surface area contributed by atoms with E-state index in [2.05, 4.69) is 26.1 Å². The second kappa shape index (κ2) is 7.47. The van der Waals surface area contributed by atoms with Crippen molar-refractivity contribution in [2.24, 2.45) is 0 Å². The molecule has 1 N–H and O–H groups in total. The van der Waals surface area contributed by atoms with Crippen LogP contribution in [-0.4, -0.2) is 19.3 Å². The Bertz CT molecular complexity index is 257. The number of unbranched alkanes of at least 4 members (excludes halogenated alkanes) is 1. The Morgan fingerprint density at radius 3 is 2.75 bits per heavy atom. The van der Waals surface area contributed by atoms with Gasteiger partial charge in [0.05, 0.1) is 18.4 Å². The summed E-state index contributed by atoms with van der Waals surface area (Å²) in [5, 5.41) is 3.42. The summed E-state index contributed by atoms with van der Waals surface area (Å²) in [4.78, 5) is 0. The quantitative estimate of drug-likeness (QED) is 0.690. The molecule has 16 heavy (non-hydrogen) atoms. The smallest absolute Gasteiger partial charge is 0.120 e. The lowest BCUT2D eigenvalue weighted by Crippen LogP contribution is -2.19. The third-order valence-corrected chi connectivity index (χ3v) is 2.44. The summed E-state index contributed by atoms with van der Waals surface area (Å²) in [7, 11) is 0. The molecule has 3 nitrogen and oxygen atoms in total. The fourth-order valence-electron chi connectivity index (χ4n) is 1.50. The van der Waals surface area contributed by atoms with Crippen molar-refractivity contribution in [1.82, 2.24) is 5.32 Å². The van der Waals surface area contributed by atoms with Gasteiger partial charge in [0.25, 0.3) is 0 Å². The molecule has 1 aromatic heterocycles. The fraction of sp³-hybridized carbons (Fsp3) is 0.692. The van der Waals surface area contributed by atoms with Gasteiger partial charge < -0.3 is 14.5 Å². The molecule has 0 aliphatic rings. The molecule has 0 saturated heterocycles. The highest BCUT2D eigenvalue weighted by molar-refractivity contribution is 5.02. The van der Waals surface area contributed by atoms with Gasteiger partial charge in [-0.05, 0) is 52.3 Å². The van der Waals surface area contributed by atoms with Crippen molar-refractivity contribution >= 4 is 0 Å². The van der Waals surface area contributed by atoms with Crippen LogP contribution in [0.2, 0.25) is 0 Å². The first-order chi connectivity index (χ1) is 7.70. The van der Waals surface area contributed by atoms with Gasteiger partial charge in [0, 0.05) is 6.61 Å². The number of hydrogen-bond donors (Lipinski definition) is 1. The van der Waals surface area contributed by atoms with Gasteiger partial charge in [-0.25, -0.2) is 0 Å². The van der Waals surface area contributed by atoms with Crippen molar-refractivity contribution in [3.63, 3.8) is 0 Å². The second-order valence-corrected chi connectivity index (χ2v) is 4.32. The van der Waals surface area contributed by atoms with E-state index in [9.17, 15) is 0 Å². The predicted octanol–water partition coefficient (Wildman–Crippen LogP) is 3.14. The molecule has 0 spiro atoms. The molecule has 0 fully saturated rings. The highest BCUT2D eigenvalue weighted by Gasteiger charge is 2.05. The van der Waals surface area contributed by atoms with Crippen molar-refractivity contribution in [3.05, 3.63) is 24.2 Å². The maximum Gasteiger partial charge on any atom is 0.120 e. The zero-order chi connectivity index (χ0) is 11.8. The van der Waals surface area contributed by atoms with Crippen molar-refractivity contribution in [1.29, 1.82) is 0 Å². The Hall–Kier alpha value is -0.800. The summed E-state index contributed by atoms with van der Waals surface area (Å²) in [5.41, 5.74) is 0. The van der Waals surface area contributed by atoms with E-state index in [4.69, 9.17) is 9.15 Å². The SMILES string of the molecule is CC(C)OCCCCNC(C)c1ccco1. The molecule has 0 saturated carbocycles. The molecule has 3 heteroatoms. The Morgan fingerprint density at radius 2 is 2.12 bits per heavy atom. The lowest BCUT2D eigenvalue weighted by atomic mass is 10.2. The van der Waals surface area contributed by atoms with Gasteiger partial charge in [0.15, 0.2) is 0 Å². The number of rotatable bonds is 8. The van der Waals surface area contributed by atoms with Crippen molar-refractivity contribution < 1.29 is 9.15 Å². The number of nitrogens with one attached hydrogen (secondary N) is 1. The highest BCUT2D eigenvalue weighted by Crippen LogP contribution is 2.11. The molecule has 1 aromatic rings. The van der Waals surface area contributed by atoms with Crippen LogP contribution < -0.4 is 5.32 Å². The minimum Gasteiger partial charge on any atom is -0.468 e. The monoisotopic (exact) mass is 225 g/mol. The molecule has 1 heterocycles. The summed E-state index contributed by atoms with van der Waals surface area (Å²) < 4.78 is 10.8. The third kappa shape index (κ3) is 5.33. The van der Waals surface area contributed by atoms with E-state index in [1.807, 2.05) is 12.1 Å². The molecule has 0 amide bonds. The van der Waals surface area contributed by atoms with Crippen LogP contribution in [0, 0.1) is 0 Å². The van der Waals surface area contributed by atoms with E-state index in [0.717, 1.165) is 31.8 Å². The maximum atomic E-state index is 5.47. The first kappa shape index (κ1) is 13.3. The van der Waals surface area contributed by atoms with Gasteiger partial charge >= 0.3 is 0 Å². The van der Waals surface area contributed by atoms with Crippen molar-refractivity contribution in [2.45, 2.75) is 45.8 Å². The van der Waals surface area contributed by atoms with E-state index in [1.54, 1.807) is 6.26 Å². The van der Waals surface area contributed by atoms with Crippen LogP contribution in [0.3, 0.4) is 0 Å². The summed E-state index contributed by atoms with van der Waals surface area (Å²) in [6.45, 7) is 8.11. The van der Waals surface area contributed by atoms with Crippen LogP contribution in [0.1, 0.15) is 45.4 Å². The van der Waals surface area contributed by atoms with Crippen LogP contribution in [0.5, 0.6) is 0 Å². The summed E-state index contributed by atoms with van der Waals surface area (Å²) >= 11 is 0. The molecular weight excluding hydrogens is 202 g/mol. The zero-order valence-corrected chi connectivity index (χ0v) is 10.5. The minimum absolute atomic E-state index is 0.293. The van der Waals surface area contributed by atoms with Crippen LogP contribution in [0.15, 0.2) is 22.8 Å². The summed E-state index contributed by atoms with van der Waals surface area (Å²) in [6.07, 6.45) is 4.30. The molecule has 1 atom stereocenters. The van der Waals surface area contributed by atoms with Gasteiger partial charge in [-0.3, -0.25) is 0 Å². The number of ether oxygens (including phenoxy) is 1. The average molecular weight is 225 g/mol. The maximum absolute atomic E-state index is 5.47. The number of hydrogen-bond acceptors (Lipinski definition) is 3. The first-order valence-corrected chi connectivity index (χ1v) is 6.08. The van der Waals surface area contributed by atoms with Gasteiger partial charge in [-0.1, -0.05) is 0 Å². The van der Waals surface area contributed by atoms with E-state index in [0.29, 0.717) is 12.1 Å². The minimum atomic E-state index is 0.293.